The monoisotopic (exact) mass is 446 g/mol. The van der Waals surface area contributed by atoms with E-state index in [-0.39, 0.29) is 41.0 Å². The number of likely N-dealkylation sites (tertiary alicyclic amines) is 1. The Balaban J connectivity index is 1.32. The molecule has 6 heteroatoms. The molecule has 6 aliphatic rings. The number of amides is 3. The highest BCUT2D eigenvalue weighted by atomic mass is 32.2. The summed E-state index contributed by atoms with van der Waals surface area (Å²) in [6.07, 6.45) is 14.1. The quantitative estimate of drug-likeness (QED) is 0.600. The van der Waals surface area contributed by atoms with Crippen LogP contribution in [-0.2, 0) is 14.4 Å². The third-order valence-electron chi connectivity index (χ3n) is 9.45. The van der Waals surface area contributed by atoms with Crippen LogP contribution in [0.2, 0.25) is 0 Å². The van der Waals surface area contributed by atoms with E-state index in [1.165, 1.54) is 43.4 Å². The maximum Gasteiger partial charge on any atom is 0.243 e. The molecule has 0 aromatic carbocycles. The van der Waals surface area contributed by atoms with Gasteiger partial charge in [0.2, 0.25) is 17.7 Å². The van der Waals surface area contributed by atoms with Gasteiger partial charge in [0.05, 0.1) is 11.8 Å². The molecule has 1 saturated heterocycles. The van der Waals surface area contributed by atoms with Crippen LogP contribution < -0.4 is 5.32 Å². The molecule has 1 heterocycles. The van der Waals surface area contributed by atoms with Crippen molar-refractivity contribution >= 4 is 29.5 Å². The molecule has 0 aromatic heterocycles. The van der Waals surface area contributed by atoms with Gasteiger partial charge in [0.25, 0.3) is 0 Å². The Hall–Kier alpha value is -1.04. The molecular formula is C25H38N2O3S. The van der Waals surface area contributed by atoms with Crippen molar-refractivity contribution in [1.29, 1.82) is 0 Å². The van der Waals surface area contributed by atoms with E-state index in [0.29, 0.717) is 6.42 Å². The van der Waals surface area contributed by atoms with Crippen molar-refractivity contribution in [3.63, 3.8) is 0 Å². The average molecular weight is 447 g/mol. The number of rotatable bonds is 7. The van der Waals surface area contributed by atoms with Gasteiger partial charge in [-0.3, -0.25) is 19.3 Å². The molecule has 172 valence electrons. The van der Waals surface area contributed by atoms with Gasteiger partial charge in [0, 0.05) is 6.04 Å². The Morgan fingerprint density at radius 1 is 1.03 bits per heavy atom. The number of carbonyl (C=O) groups excluding carboxylic acids is 3. The van der Waals surface area contributed by atoms with E-state index in [1.807, 2.05) is 6.26 Å². The largest absolute Gasteiger partial charge is 0.351 e. The van der Waals surface area contributed by atoms with Gasteiger partial charge in [0.15, 0.2) is 0 Å². The minimum absolute atomic E-state index is 0.0848. The highest BCUT2D eigenvalue weighted by Gasteiger charge is 2.55. The maximum absolute atomic E-state index is 13.6. The Morgan fingerprint density at radius 2 is 1.55 bits per heavy atom. The van der Waals surface area contributed by atoms with Crippen LogP contribution in [0.5, 0.6) is 0 Å². The van der Waals surface area contributed by atoms with E-state index in [4.69, 9.17) is 0 Å². The van der Waals surface area contributed by atoms with Crippen molar-refractivity contribution in [2.75, 3.05) is 12.0 Å². The number of thioether (sulfide) groups is 1. The molecule has 5 nitrogen and oxygen atoms in total. The van der Waals surface area contributed by atoms with Crippen LogP contribution in [0.25, 0.3) is 0 Å². The molecule has 1 N–H and O–H groups in total. The summed E-state index contributed by atoms with van der Waals surface area (Å²) in [5, 5.41) is 3.35. The zero-order valence-corrected chi connectivity index (χ0v) is 19.9. The molecule has 6 fully saturated rings. The van der Waals surface area contributed by atoms with Crippen molar-refractivity contribution in [3.05, 3.63) is 0 Å². The summed E-state index contributed by atoms with van der Waals surface area (Å²) in [7, 11) is 0. The summed E-state index contributed by atoms with van der Waals surface area (Å²) in [5.41, 5.74) is 0.224. The fourth-order valence-electron chi connectivity index (χ4n) is 8.27. The number of nitrogens with one attached hydrogen (secondary N) is 1. The second-order valence-corrected chi connectivity index (χ2v) is 12.3. The second-order valence-electron chi connectivity index (χ2n) is 11.4. The third-order valence-corrected chi connectivity index (χ3v) is 10.1. The molecule has 0 spiro atoms. The summed E-state index contributed by atoms with van der Waals surface area (Å²) in [5.74, 6) is 2.64. The maximum atomic E-state index is 13.6. The number of carbonyl (C=O) groups is 3. The van der Waals surface area contributed by atoms with Gasteiger partial charge < -0.3 is 5.32 Å². The summed E-state index contributed by atoms with van der Waals surface area (Å²) >= 11 is 1.67. The van der Waals surface area contributed by atoms with Crippen molar-refractivity contribution in [2.24, 2.45) is 35.0 Å². The molecule has 4 unspecified atom stereocenters. The number of imide groups is 1. The van der Waals surface area contributed by atoms with Gasteiger partial charge in [-0.2, -0.15) is 11.8 Å². The first-order valence-corrected chi connectivity index (χ1v) is 14.0. The van der Waals surface area contributed by atoms with Gasteiger partial charge in [-0.15, -0.1) is 0 Å². The Bertz CT molecular complexity index is 694. The smallest absolute Gasteiger partial charge is 0.243 e. The SMILES string of the molecule is CSCCC(C(=O)NC(C)C12CC3CC(CC(C3)C1)C2)N1C(=O)C2CCCCC2C1=O. The van der Waals surface area contributed by atoms with Crippen LogP contribution in [-0.4, -0.2) is 46.7 Å². The molecule has 1 aliphatic heterocycles. The molecule has 0 aromatic rings. The molecule has 6 rings (SSSR count). The molecule has 5 aliphatic carbocycles. The van der Waals surface area contributed by atoms with E-state index >= 15 is 0 Å². The lowest BCUT2D eigenvalue weighted by Gasteiger charge is -2.59. The third kappa shape index (κ3) is 3.75. The van der Waals surface area contributed by atoms with Crippen LogP contribution in [0, 0.1) is 35.0 Å². The predicted octanol–water partition coefficient (Wildman–Crippen LogP) is 4.00. The van der Waals surface area contributed by atoms with Crippen molar-refractivity contribution in [2.45, 2.75) is 89.6 Å². The average Bonchev–Trinajstić information content (AvgIpc) is 2.98. The summed E-state index contributed by atoms with van der Waals surface area (Å²) < 4.78 is 0. The van der Waals surface area contributed by atoms with Crippen molar-refractivity contribution in [1.82, 2.24) is 10.2 Å². The van der Waals surface area contributed by atoms with Crippen molar-refractivity contribution in [3.8, 4) is 0 Å². The fraction of sp³-hybridized carbons (Fsp3) is 0.880. The summed E-state index contributed by atoms with van der Waals surface area (Å²) in [4.78, 5) is 41.3. The van der Waals surface area contributed by atoms with Crippen molar-refractivity contribution < 1.29 is 14.4 Å². The molecular weight excluding hydrogens is 408 g/mol. The van der Waals surface area contributed by atoms with Crippen LogP contribution in [0.4, 0.5) is 0 Å². The summed E-state index contributed by atoms with van der Waals surface area (Å²) in [6, 6.07) is -0.533. The zero-order valence-electron chi connectivity index (χ0n) is 19.1. The first kappa shape index (κ1) is 21.8. The van der Waals surface area contributed by atoms with E-state index in [1.54, 1.807) is 11.8 Å². The summed E-state index contributed by atoms with van der Waals surface area (Å²) in [6.45, 7) is 2.18. The molecule has 0 radical (unpaired) electrons. The molecule has 3 amide bonds. The minimum atomic E-state index is -0.644. The van der Waals surface area contributed by atoms with E-state index in [0.717, 1.165) is 49.2 Å². The topological polar surface area (TPSA) is 66.5 Å². The van der Waals surface area contributed by atoms with Gasteiger partial charge >= 0.3 is 0 Å². The van der Waals surface area contributed by atoms with Gasteiger partial charge in [-0.1, -0.05) is 12.8 Å². The minimum Gasteiger partial charge on any atom is -0.351 e. The lowest BCUT2D eigenvalue weighted by Crippen LogP contribution is -2.59. The Kier molecular flexibility index (Phi) is 5.89. The highest BCUT2D eigenvalue weighted by Crippen LogP contribution is 2.61. The number of fused-ring (bicyclic) bond motifs is 1. The van der Waals surface area contributed by atoms with Crippen LogP contribution in [0.3, 0.4) is 0 Å². The number of hydrogen-bond acceptors (Lipinski definition) is 4. The van der Waals surface area contributed by atoms with E-state index in [2.05, 4.69) is 12.2 Å². The predicted molar refractivity (Wildman–Crippen MR) is 122 cm³/mol. The van der Waals surface area contributed by atoms with Gasteiger partial charge in [-0.05, 0) is 99.9 Å². The first-order valence-electron chi connectivity index (χ1n) is 12.6. The fourth-order valence-corrected chi connectivity index (χ4v) is 8.73. The molecule has 4 atom stereocenters. The second kappa shape index (κ2) is 8.39. The molecule has 5 saturated carbocycles. The Morgan fingerprint density at radius 3 is 2.03 bits per heavy atom. The highest BCUT2D eigenvalue weighted by molar-refractivity contribution is 7.98. The number of nitrogens with zero attached hydrogens (tertiary/aromatic N) is 1. The molecule has 4 bridgehead atoms. The Labute approximate surface area is 190 Å². The van der Waals surface area contributed by atoms with Crippen LogP contribution in [0.15, 0.2) is 0 Å². The standard InChI is InChI=1S/C25H38N2O3S/c1-15(25-12-16-9-17(13-25)11-18(10-16)14-25)26-22(28)21(7-8-31-2)27-23(29)19-5-3-4-6-20(19)24(27)30/h15-21H,3-14H2,1-2H3,(H,26,28). The molecule has 31 heavy (non-hydrogen) atoms. The van der Waals surface area contributed by atoms with Crippen LogP contribution in [0.1, 0.15) is 77.6 Å². The van der Waals surface area contributed by atoms with Gasteiger partial charge in [0.1, 0.15) is 6.04 Å². The normalized spacial score (nSPS) is 40.7. The van der Waals surface area contributed by atoms with E-state index in [9.17, 15) is 14.4 Å². The van der Waals surface area contributed by atoms with Crippen LogP contribution >= 0.6 is 11.8 Å². The van der Waals surface area contributed by atoms with E-state index < -0.39 is 6.04 Å². The number of hydrogen-bond donors (Lipinski definition) is 1. The first-order chi connectivity index (χ1) is 14.9. The lowest BCUT2D eigenvalue weighted by atomic mass is 9.48. The van der Waals surface area contributed by atoms with Gasteiger partial charge in [-0.25, -0.2) is 0 Å². The lowest BCUT2D eigenvalue weighted by molar-refractivity contribution is -0.149. The zero-order chi connectivity index (χ0) is 21.8.